The minimum absolute atomic E-state index is 0.148. The maximum atomic E-state index is 5.54. The Labute approximate surface area is 132 Å². The predicted molar refractivity (Wildman–Crippen MR) is 84.3 cm³/mol. The third-order valence-electron chi connectivity index (χ3n) is 3.00. The van der Waals surface area contributed by atoms with Crippen molar-refractivity contribution < 1.29 is 4.42 Å². The molecule has 7 heteroatoms. The summed E-state index contributed by atoms with van der Waals surface area (Å²) in [5.41, 5.74) is 1.69. The number of hydrogen-bond acceptors (Lipinski definition) is 6. The molecular weight excluding hydrogens is 298 g/mol. The van der Waals surface area contributed by atoms with Crippen LogP contribution in [0.15, 0.2) is 46.2 Å². The molecule has 22 heavy (non-hydrogen) atoms. The molecule has 0 aliphatic heterocycles. The third-order valence-corrected chi connectivity index (χ3v) is 3.95. The fourth-order valence-corrected chi connectivity index (χ4v) is 2.85. The molecule has 0 unspecified atom stereocenters. The van der Waals surface area contributed by atoms with Crippen LogP contribution in [0.25, 0.3) is 11.5 Å². The normalized spacial score (nSPS) is 11.8. The van der Waals surface area contributed by atoms with Crippen LogP contribution in [-0.2, 0) is 11.3 Å². The van der Waals surface area contributed by atoms with Gasteiger partial charge in [0.15, 0.2) is 0 Å². The van der Waals surface area contributed by atoms with Crippen molar-refractivity contribution >= 4 is 11.8 Å². The molecule has 0 N–H and O–H groups in total. The zero-order chi connectivity index (χ0) is 15.6. The molecule has 0 radical (unpaired) electrons. The van der Waals surface area contributed by atoms with E-state index >= 15 is 0 Å². The second-order valence-corrected chi connectivity index (χ2v) is 6.79. The number of tetrazole rings is 1. The topological polar surface area (TPSA) is 69.6 Å². The van der Waals surface area contributed by atoms with Crippen molar-refractivity contribution in [2.24, 2.45) is 0 Å². The molecule has 0 amide bonds. The summed E-state index contributed by atoms with van der Waals surface area (Å²) in [6.45, 7) is 6.20. The smallest absolute Gasteiger partial charge is 0.226 e. The standard InChI is InChI=1S/C15H17N5OS/c1-15(2,3)20-14(17-18-19-20)22-10-12-9-21-13(16-12)11-7-5-4-6-8-11/h4-9H,10H2,1-3H3. The molecule has 0 spiro atoms. The van der Waals surface area contributed by atoms with Crippen LogP contribution in [-0.4, -0.2) is 25.2 Å². The van der Waals surface area contributed by atoms with E-state index in [4.69, 9.17) is 4.42 Å². The first-order valence-electron chi connectivity index (χ1n) is 6.95. The molecule has 114 valence electrons. The molecule has 3 rings (SSSR count). The summed E-state index contributed by atoms with van der Waals surface area (Å²) in [5.74, 6) is 1.29. The van der Waals surface area contributed by atoms with Crippen LogP contribution < -0.4 is 0 Å². The highest BCUT2D eigenvalue weighted by atomic mass is 32.2. The molecule has 0 atom stereocenters. The lowest BCUT2D eigenvalue weighted by molar-refractivity contribution is 0.321. The molecule has 2 aromatic heterocycles. The predicted octanol–water partition coefficient (Wildman–Crippen LogP) is 3.38. The van der Waals surface area contributed by atoms with Gasteiger partial charge in [0, 0.05) is 11.3 Å². The minimum Gasteiger partial charge on any atom is -0.444 e. The van der Waals surface area contributed by atoms with E-state index in [2.05, 4.69) is 41.3 Å². The van der Waals surface area contributed by atoms with Crippen LogP contribution in [0.4, 0.5) is 0 Å². The van der Waals surface area contributed by atoms with Crippen molar-refractivity contribution in [2.75, 3.05) is 0 Å². The lowest BCUT2D eigenvalue weighted by Gasteiger charge is -2.19. The van der Waals surface area contributed by atoms with Gasteiger partial charge in [0.2, 0.25) is 11.0 Å². The second kappa shape index (κ2) is 5.92. The maximum Gasteiger partial charge on any atom is 0.226 e. The Morgan fingerprint density at radius 2 is 1.95 bits per heavy atom. The van der Waals surface area contributed by atoms with Gasteiger partial charge in [0.25, 0.3) is 0 Å². The molecule has 0 aliphatic carbocycles. The molecule has 6 nitrogen and oxygen atoms in total. The van der Waals surface area contributed by atoms with Crippen LogP contribution in [0.1, 0.15) is 26.5 Å². The summed E-state index contributed by atoms with van der Waals surface area (Å²) >= 11 is 1.55. The summed E-state index contributed by atoms with van der Waals surface area (Å²) in [7, 11) is 0. The van der Waals surface area contributed by atoms with Gasteiger partial charge in [0.1, 0.15) is 6.26 Å². The number of aromatic nitrogens is 5. The van der Waals surface area contributed by atoms with E-state index in [9.17, 15) is 0 Å². The van der Waals surface area contributed by atoms with Crippen molar-refractivity contribution in [3.8, 4) is 11.5 Å². The van der Waals surface area contributed by atoms with E-state index in [1.165, 1.54) is 0 Å². The average molecular weight is 315 g/mol. The first-order chi connectivity index (χ1) is 10.5. The molecule has 0 saturated heterocycles. The van der Waals surface area contributed by atoms with E-state index in [0.29, 0.717) is 11.6 Å². The van der Waals surface area contributed by atoms with E-state index in [1.807, 2.05) is 35.0 Å². The van der Waals surface area contributed by atoms with Gasteiger partial charge >= 0.3 is 0 Å². The fourth-order valence-electron chi connectivity index (χ4n) is 1.92. The molecule has 0 fully saturated rings. The van der Waals surface area contributed by atoms with Crippen LogP contribution >= 0.6 is 11.8 Å². The SMILES string of the molecule is CC(C)(C)n1nnnc1SCc1coc(-c2ccccc2)n1. The van der Waals surface area contributed by atoms with Crippen molar-refractivity contribution in [1.29, 1.82) is 0 Å². The Morgan fingerprint density at radius 1 is 1.18 bits per heavy atom. The second-order valence-electron chi connectivity index (χ2n) is 5.84. The van der Waals surface area contributed by atoms with Crippen molar-refractivity contribution in [3.63, 3.8) is 0 Å². The molecule has 0 aliphatic rings. The zero-order valence-corrected chi connectivity index (χ0v) is 13.5. The van der Waals surface area contributed by atoms with Crippen LogP contribution in [0.3, 0.4) is 0 Å². The van der Waals surface area contributed by atoms with Gasteiger partial charge in [-0.05, 0) is 43.3 Å². The summed E-state index contributed by atoms with van der Waals surface area (Å²) in [6, 6.07) is 9.85. The fraction of sp³-hybridized carbons (Fsp3) is 0.333. The molecule has 1 aromatic carbocycles. The monoisotopic (exact) mass is 315 g/mol. The summed E-state index contributed by atoms with van der Waals surface area (Å²) in [4.78, 5) is 4.51. The Kier molecular flexibility index (Phi) is 3.98. The average Bonchev–Trinajstić information content (AvgIpc) is 3.15. The first-order valence-corrected chi connectivity index (χ1v) is 7.94. The van der Waals surface area contributed by atoms with E-state index in [1.54, 1.807) is 18.0 Å². The summed E-state index contributed by atoms with van der Waals surface area (Å²) < 4.78 is 7.35. The zero-order valence-electron chi connectivity index (χ0n) is 12.7. The van der Waals surface area contributed by atoms with Gasteiger partial charge in [-0.2, -0.15) is 0 Å². The lowest BCUT2D eigenvalue weighted by Crippen LogP contribution is -2.24. The number of oxazole rings is 1. The van der Waals surface area contributed by atoms with Gasteiger partial charge < -0.3 is 4.42 Å². The van der Waals surface area contributed by atoms with Crippen molar-refractivity contribution in [2.45, 2.75) is 37.2 Å². The van der Waals surface area contributed by atoms with Crippen LogP contribution in [0.2, 0.25) is 0 Å². The molecule has 0 bridgehead atoms. The first kappa shape index (κ1) is 14.8. The summed E-state index contributed by atoms with van der Waals surface area (Å²) in [6.07, 6.45) is 1.68. The highest BCUT2D eigenvalue weighted by Crippen LogP contribution is 2.26. The van der Waals surface area contributed by atoms with Gasteiger partial charge in [-0.15, -0.1) is 5.10 Å². The molecule has 0 saturated carbocycles. The van der Waals surface area contributed by atoms with Gasteiger partial charge in [-0.25, -0.2) is 9.67 Å². The van der Waals surface area contributed by atoms with Gasteiger partial charge in [-0.1, -0.05) is 30.0 Å². The third kappa shape index (κ3) is 3.19. The number of nitrogens with zero attached hydrogens (tertiary/aromatic N) is 5. The number of benzene rings is 1. The molecular formula is C15H17N5OS. The Morgan fingerprint density at radius 3 is 2.68 bits per heavy atom. The minimum atomic E-state index is -0.148. The van der Waals surface area contributed by atoms with Gasteiger partial charge in [0.05, 0.1) is 11.2 Å². The van der Waals surface area contributed by atoms with Gasteiger partial charge in [-0.3, -0.25) is 0 Å². The van der Waals surface area contributed by atoms with Crippen molar-refractivity contribution in [3.05, 3.63) is 42.3 Å². The largest absolute Gasteiger partial charge is 0.444 e. The molecule has 3 aromatic rings. The van der Waals surface area contributed by atoms with E-state index in [0.717, 1.165) is 16.4 Å². The highest BCUT2D eigenvalue weighted by molar-refractivity contribution is 7.98. The lowest BCUT2D eigenvalue weighted by atomic mass is 10.1. The van der Waals surface area contributed by atoms with Crippen molar-refractivity contribution in [1.82, 2.24) is 25.2 Å². The van der Waals surface area contributed by atoms with E-state index < -0.39 is 0 Å². The number of thioether (sulfide) groups is 1. The Hall–Kier alpha value is -2.15. The maximum absolute atomic E-state index is 5.54. The quantitative estimate of drug-likeness (QED) is 0.687. The number of hydrogen-bond donors (Lipinski definition) is 0. The highest BCUT2D eigenvalue weighted by Gasteiger charge is 2.20. The van der Waals surface area contributed by atoms with Crippen LogP contribution in [0.5, 0.6) is 0 Å². The molecule has 2 heterocycles. The van der Waals surface area contributed by atoms with E-state index in [-0.39, 0.29) is 5.54 Å². The Balaban J connectivity index is 1.71. The number of rotatable bonds is 4. The summed E-state index contributed by atoms with van der Waals surface area (Å²) in [5, 5.41) is 12.6. The van der Waals surface area contributed by atoms with Crippen LogP contribution in [0, 0.1) is 0 Å². The Bertz CT molecular complexity index is 745.